The fourth-order valence-corrected chi connectivity index (χ4v) is 4.57. The minimum Gasteiger partial charge on any atom is -0.506 e. The molecule has 0 amide bonds. The Bertz CT molecular complexity index is 919. The number of aliphatic hydroxyl groups excluding tert-OH is 1. The van der Waals surface area contributed by atoms with Crippen molar-refractivity contribution in [1.29, 1.82) is 0 Å². The van der Waals surface area contributed by atoms with Gasteiger partial charge in [0.1, 0.15) is 11.4 Å². The van der Waals surface area contributed by atoms with Crippen molar-refractivity contribution in [2.24, 2.45) is 0 Å². The molecule has 0 atom stereocenters. The van der Waals surface area contributed by atoms with Gasteiger partial charge in [0.05, 0.1) is 16.9 Å². The Hall–Kier alpha value is -2.26. The van der Waals surface area contributed by atoms with E-state index in [1.807, 2.05) is 18.6 Å². The molecule has 0 spiro atoms. The SMILES string of the molecule is Cc1nc(C)c(CCc2ccc(N3C=C(O)NS3(=O)=O)c(O)c2)s1. The molecule has 2 heterocycles. The van der Waals surface area contributed by atoms with E-state index in [1.54, 1.807) is 17.4 Å². The summed E-state index contributed by atoms with van der Waals surface area (Å²) in [4.78, 5) is 5.59. The van der Waals surface area contributed by atoms with E-state index in [0.29, 0.717) is 6.42 Å². The molecule has 0 radical (unpaired) electrons. The van der Waals surface area contributed by atoms with Crippen molar-refractivity contribution in [3.05, 3.63) is 51.4 Å². The van der Waals surface area contributed by atoms with Crippen LogP contribution in [0.25, 0.3) is 0 Å². The number of aromatic nitrogens is 1. The van der Waals surface area contributed by atoms with E-state index in [2.05, 4.69) is 4.98 Å². The minimum absolute atomic E-state index is 0.0834. The summed E-state index contributed by atoms with van der Waals surface area (Å²) in [5.74, 6) is -0.657. The highest BCUT2D eigenvalue weighted by atomic mass is 32.2. The highest BCUT2D eigenvalue weighted by molar-refractivity contribution is 7.91. The number of aromatic hydroxyl groups is 1. The number of benzene rings is 1. The summed E-state index contributed by atoms with van der Waals surface area (Å²) in [6, 6.07) is 4.82. The van der Waals surface area contributed by atoms with E-state index in [9.17, 15) is 18.6 Å². The molecule has 3 rings (SSSR count). The van der Waals surface area contributed by atoms with Crippen molar-refractivity contribution in [3.63, 3.8) is 0 Å². The minimum atomic E-state index is -3.91. The van der Waals surface area contributed by atoms with Crippen LogP contribution in [-0.2, 0) is 23.1 Å². The van der Waals surface area contributed by atoms with Gasteiger partial charge in [0.25, 0.3) is 0 Å². The third kappa shape index (κ3) is 3.17. The summed E-state index contributed by atoms with van der Waals surface area (Å²) in [6.45, 7) is 3.94. The maximum Gasteiger partial charge on any atom is 0.330 e. The zero-order valence-electron chi connectivity index (χ0n) is 13.1. The maximum absolute atomic E-state index is 11.8. The van der Waals surface area contributed by atoms with Crippen molar-refractivity contribution in [3.8, 4) is 5.75 Å². The third-order valence-corrected chi connectivity index (χ3v) is 6.07. The van der Waals surface area contributed by atoms with Gasteiger partial charge in [-0.15, -0.1) is 11.3 Å². The number of hydrogen-bond acceptors (Lipinski definition) is 6. The van der Waals surface area contributed by atoms with Gasteiger partial charge in [-0.1, -0.05) is 6.07 Å². The van der Waals surface area contributed by atoms with Crippen molar-refractivity contribution < 1.29 is 18.6 Å². The molecule has 0 fully saturated rings. The molecule has 2 aromatic rings. The molecule has 3 N–H and O–H groups in total. The second kappa shape index (κ2) is 5.99. The van der Waals surface area contributed by atoms with E-state index in [0.717, 1.165) is 33.2 Å². The number of phenols is 1. The van der Waals surface area contributed by atoms with E-state index < -0.39 is 16.1 Å². The Morgan fingerprint density at radius 1 is 1.25 bits per heavy atom. The summed E-state index contributed by atoms with van der Waals surface area (Å²) < 4.78 is 26.4. The molecule has 1 aliphatic rings. The van der Waals surface area contributed by atoms with Crippen LogP contribution in [0.3, 0.4) is 0 Å². The molecular weight excluding hydrogens is 350 g/mol. The molecule has 0 saturated carbocycles. The molecule has 1 aromatic heterocycles. The molecule has 24 heavy (non-hydrogen) atoms. The first-order valence-corrected chi connectivity index (χ1v) is 9.49. The van der Waals surface area contributed by atoms with Gasteiger partial charge < -0.3 is 10.2 Å². The average Bonchev–Trinajstić information content (AvgIpc) is 2.94. The molecule has 9 heteroatoms. The van der Waals surface area contributed by atoms with E-state index in [-0.39, 0.29) is 11.4 Å². The number of rotatable bonds is 4. The summed E-state index contributed by atoms with van der Waals surface area (Å²) in [6.07, 6.45) is 2.52. The van der Waals surface area contributed by atoms with Crippen molar-refractivity contribution in [1.82, 2.24) is 9.71 Å². The first-order valence-electron chi connectivity index (χ1n) is 7.24. The van der Waals surface area contributed by atoms with Gasteiger partial charge >= 0.3 is 10.2 Å². The number of hydrogen-bond donors (Lipinski definition) is 3. The Labute approximate surface area is 144 Å². The van der Waals surface area contributed by atoms with Crippen LogP contribution in [0.1, 0.15) is 21.1 Å². The average molecular weight is 367 g/mol. The molecule has 0 aliphatic carbocycles. The first kappa shape index (κ1) is 16.6. The number of thiazole rings is 1. The molecule has 0 saturated heterocycles. The standard InChI is InChI=1S/C15H17N3O4S2/c1-9-14(23-10(2)16-9)6-4-11-3-5-12(13(19)7-11)18-8-15(20)17-24(18,21)22/h3,5,7-8,17,19-20H,4,6H2,1-2H3. The third-order valence-electron chi connectivity index (χ3n) is 3.65. The van der Waals surface area contributed by atoms with Crippen LogP contribution < -0.4 is 9.03 Å². The molecular formula is C15H17N3O4S2. The van der Waals surface area contributed by atoms with Crippen LogP contribution in [0, 0.1) is 13.8 Å². The zero-order chi connectivity index (χ0) is 17.5. The zero-order valence-corrected chi connectivity index (χ0v) is 14.8. The first-order chi connectivity index (χ1) is 11.3. The highest BCUT2D eigenvalue weighted by Crippen LogP contribution is 2.33. The van der Waals surface area contributed by atoms with Gasteiger partial charge in [-0.25, -0.2) is 14.0 Å². The number of phenolic OH excluding ortho intramolecular Hbond substituents is 1. The molecule has 0 unspecified atom stereocenters. The molecule has 7 nitrogen and oxygen atoms in total. The predicted octanol–water partition coefficient (Wildman–Crippen LogP) is 2.26. The highest BCUT2D eigenvalue weighted by Gasteiger charge is 2.30. The summed E-state index contributed by atoms with van der Waals surface area (Å²) >= 11 is 1.66. The van der Waals surface area contributed by atoms with Gasteiger partial charge in [-0.2, -0.15) is 8.42 Å². The lowest BCUT2D eigenvalue weighted by molar-refractivity contribution is 0.392. The lowest BCUT2D eigenvalue weighted by atomic mass is 10.1. The van der Waals surface area contributed by atoms with Gasteiger partial charge in [0.2, 0.25) is 5.88 Å². The largest absolute Gasteiger partial charge is 0.506 e. The second-order valence-electron chi connectivity index (χ2n) is 5.48. The van der Waals surface area contributed by atoms with Crippen molar-refractivity contribution in [2.45, 2.75) is 26.7 Å². The summed E-state index contributed by atoms with van der Waals surface area (Å²) in [7, 11) is -3.91. The second-order valence-corrected chi connectivity index (χ2v) is 8.32. The number of nitrogens with one attached hydrogen (secondary N) is 1. The van der Waals surface area contributed by atoms with Crippen LogP contribution in [0.5, 0.6) is 5.75 Å². The van der Waals surface area contributed by atoms with Crippen molar-refractivity contribution >= 4 is 27.2 Å². The number of nitrogens with zero attached hydrogens (tertiary/aromatic N) is 2. The number of aryl methyl sites for hydroxylation is 4. The van der Waals surface area contributed by atoms with Gasteiger partial charge in [-0.05, 0) is 44.4 Å². The Morgan fingerprint density at radius 3 is 2.54 bits per heavy atom. The summed E-state index contributed by atoms with van der Waals surface area (Å²) in [5, 5.41) is 20.5. The van der Waals surface area contributed by atoms with Crippen LogP contribution >= 0.6 is 11.3 Å². The Kier molecular flexibility index (Phi) is 4.14. The van der Waals surface area contributed by atoms with Gasteiger partial charge in [0.15, 0.2) is 0 Å². The van der Waals surface area contributed by atoms with E-state index in [1.165, 1.54) is 17.0 Å². The fourth-order valence-electron chi connectivity index (χ4n) is 2.56. The van der Waals surface area contributed by atoms with Gasteiger partial charge in [0, 0.05) is 4.88 Å². The lowest BCUT2D eigenvalue weighted by Gasteiger charge is -2.16. The van der Waals surface area contributed by atoms with Crippen LogP contribution in [0.15, 0.2) is 30.3 Å². The summed E-state index contributed by atoms with van der Waals surface area (Å²) in [5.41, 5.74) is 1.99. The quantitative estimate of drug-likeness (QED) is 0.769. The molecule has 1 aromatic carbocycles. The fraction of sp³-hybridized carbons (Fsp3) is 0.267. The molecule has 128 valence electrons. The van der Waals surface area contributed by atoms with Crippen LogP contribution in [-0.4, -0.2) is 23.6 Å². The Morgan fingerprint density at radius 2 is 2.00 bits per heavy atom. The topological polar surface area (TPSA) is 103 Å². The maximum atomic E-state index is 11.8. The Balaban J connectivity index is 1.79. The lowest BCUT2D eigenvalue weighted by Crippen LogP contribution is -2.29. The predicted molar refractivity (Wildman–Crippen MR) is 92.3 cm³/mol. The number of anilines is 1. The van der Waals surface area contributed by atoms with Gasteiger partial charge in [-0.3, -0.25) is 0 Å². The normalized spacial score (nSPS) is 16.1. The smallest absolute Gasteiger partial charge is 0.330 e. The van der Waals surface area contributed by atoms with Crippen LogP contribution in [0.2, 0.25) is 0 Å². The molecule has 0 bridgehead atoms. The van der Waals surface area contributed by atoms with Crippen molar-refractivity contribution in [2.75, 3.05) is 4.31 Å². The van der Waals surface area contributed by atoms with E-state index >= 15 is 0 Å². The van der Waals surface area contributed by atoms with Crippen LogP contribution in [0.4, 0.5) is 5.69 Å². The molecule has 1 aliphatic heterocycles. The number of aliphatic hydroxyl groups is 1. The monoisotopic (exact) mass is 367 g/mol. The van der Waals surface area contributed by atoms with E-state index in [4.69, 9.17) is 0 Å².